The minimum atomic E-state index is -3.67. The summed E-state index contributed by atoms with van der Waals surface area (Å²) >= 11 is 5.65. The van der Waals surface area contributed by atoms with Gasteiger partial charge in [-0.1, -0.05) is 19.9 Å². The molecule has 0 unspecified atom stereocenters. The molecule has 3 nitrogen and oxygen atoms in total. The molecule has 0 bridgehead atoms. The first-order valence-corrected chi connectivity index (χ1v) is 7.60. The lowest BCUT2D eigenvalue weighted by atomic mass is 9.91. The molecule has 6 heteroatoms. The Morgan fingerprint density at radius 3 is 2.61 bits per heavy atom. The molecular formula is C12H17ClFNO2S. The quantitative estimate of drug-likeness (QED) is 0.820. The van der Waals surface area contributed by atoms with Gasteiger partial charge in [-0.2, -0.15) is 0 Å². The Balaban J connectivity index is 2.78. The van der Waals surface area contributed by atoms with Crippen molar-refractivity contribution in [1.29, 1.82) is 0 Å². The van der Waals surface area contributed by atoms with Gasteiger partial charge in [0.1, 0.15) is 5.82 Å². The molecule has 1 rings (SSSR count). The minimum absolute atomic E-state index is 0.0656. The van der Waals surface area contributed by atoms with Crippen molar-refractivity contribution < 1.29 is 12.8 Å². The van der Waals surface area contributed by atoms with Crippen LogP contribution in [-0.4, -0.2) is 20.8 Å². The van der Waals surface area contributed by atoms with E-state index in [2.05, 4.69) is 4.72 Å². The molecule has 0 fully saturated rings. The van der Waals surface area contributed by atoms with Crippen molar-refractivity contribution in [3.63, 3.8) is 0 Å². The summed E-state index contributed by atoms with van der Waals surface area (Å²) < 4.78 is 39.3. The second-order valence-electron chi connectivity index (χ2n) is 4.89. The van der Waals surface area contributed by atoms with E-state index in [0.717, 1.165) is 6.07 Å². The van der Waals surface area contributed by atoms with Gasteiger partial charge in [0.15, 0.2) is 0 Å². The highest BCUT2D eigenvalue weighted by Gasteiger charge is 2.22. The first kappa shape index (κ1) is 15.4. The monoisotopic (exact) mass is 293 g/mol. The highest BCUT2D eigenvalue weighted by atomic mass is 35.5. The standard InChI is InChI=1S/C12H17ClFNO2S/c1-12(2,6-7-13)9-15-18(16,17)11-5-3-4-10(14)8-11/h3-5,8,15H,6-7,9H2,1-2H3. The molecule has 1 N–H and O–H groups in total. The zero-order valence-electron chi connectivity index (χ0n) is 10.4. The molecule has 18 heavy (non-hydrogen) atoms. The summed E-state index contributed by atoms with van der Waals surface area (Å²) in [4.78, 5) is -0.0656. The molecule has 1 aromatic rings. The summed E-state index contributed by atoms with van der Waals surface area (Å²) in [5.74, 6) is -0.104. The Morgan fingerprint density at radius 1 is 1.39 bits per heavy atom. The minimum Gasteiger partial charge on any atom is -0.211 e. The summed E-state index contributed by atoms with van der Waals surface area (Å²) in [5, 5.41) is 0. The van der Waals surface area contributed by atoms with E-state index in [1.54, 1.807) is 0 Å². The lowest BCUT2D eigenvalue weighted by molar-refractivity contribution is 0.352. The SMILES string of the molecule is CC(C)(CCCl)CNS(=O)(=O)c1cccc(F)c1. The largest absolute Gasteiger partial charge is 0.240 e. The van der Waals surface area contributed by atoms with Gasteiger partial charge in [-0.15, -0.1) is 11.6 Å². The molecule has 1 aromatic carbocycles. The molecule has 0 aliphatic carbocycles. The normalized spacial score (nSPS) is 12.7. The molecule has 0 aliphatic heterocycles. The number of hydrogen-bond acceptors (Lipinski definition) is 2. The third-order valence-corrected chi connectivity index (χ3v) is 4.21. The zero-order valence-corrected chi connectivity index (χ0v) is 12.0. The van der Waals surface area contributed by atoms with Crippen LogP contribution in [0.2, 0.25) is 0 Å². The number of alkyl halides is 1. The van der Waals surface area contributed by atoms with E-state index in [4.69, 9.17) is 11.6 Å². The van der Waals surface area contributed by atoms with E-state index in [9.17, 15) is 12.8 Å². The molecule has 0 saturated heterocycles. The van der Waals surface area contributed by atoms with Gasteiger partial charge < -0.3 is 0 Å². The van der Waals surface area contributed by atoms with Crippen LogP contribution in [0.15, 0.2) is 29.2 Å². The Bertz CT molecular complexity index is 503. The first-order chi connectivity index (χ1) is 8.27. The topological polar surface area (TPSA) is 46.2 Å². The molecular weight excluding hydrogens is 277 g/mol. The van der Waals surface area contributed by atoms with Crippen LogP contribution in [0, 0.1) is 11.2 Å². The first-order valence-electron chi connectivity index (χ1n) is 5.58. The Morgan fingerprint density at radius 2 is 2.06 bits per heavy atom. The summed E-state index contributed by atoms with van der Waals surface area (Å²) in [6.45, 7) is 4.10. The molecule has 0 atom stereocenters. The lowest BCUT2D eigenvalue weighted by Gasteiger charge is -2.23. The molecule has 0 saturated carbocycles. The van der Waals surface area contributed by atoms with Crippen LogP contribution in [0.5, 0.6) is 0 Å². The summed E-state index contributed by atoms with van der Waals surface area (Å²) in [7, 11) is -3.67. The number of nitrogens with one attached hydrogen (secondary N) is 1. The number of sulfonamides is 1. The van der Waals surface area contributed by atoms with Crippen LogP contribution in [0.25, 0.3) is 0 Å². The van der Waals surface area contributed by atoms with Crippen LogP contribution >= 0.6 is 11.6 Å². The number of benzene rings is 1. The van der Waals surface area contributed by atoms with E-state index >= 15 is 0 Å². The van der Waals surface area contributed by atoms with Crippen molar-refractivity contribution in [1.82, 2.24) is 4.72 Å². The van der Waals surface area contributed by atoms with Crippen molar-refractivity contribution in [3.05, 3.63) is 30.1 Å². The maximum atomic E-state index is 13.0. The number of halogens is 2. The fraction of sp³-hybridized carbons (Fsp3) is 0.500. The van der Waals surface area contributed by atoms with Gasteiger partial charge in [0.25, 0.3) is 0 Å². The molecule has 0 heterocycles. The molecule has 102 valence electrons. The predicted octanol–water partition coefficient (Wildman–Crippen LogP) is 2.76. The molecule has 0 radical (unpaired) electrons. The van der Waals surface area contributed by atoms with Crippen molar-refractivity contribution in [3.8, 4) is 0 Å². The predicted molar refractivity (Wildman–Crippen MR) is 70.7 cm³/mol. The fourth-order valence-electron chi connectivity index (χ4n) is 1.35. The van der Waals surface area contributed by atoms with E-state index < -0.39 is 15.8 Å². The summed E-state index contributed by atoms with van der Waals surface area (Å²) in [5.41, 5.74) is -0.234. The second kappa shape index (κ2) is 5.99. The van der Waals surface area contributed by atoms with Gasteiger partial charge in [0.2, 0.25) is 10.0 Å². The molecule has 0 aliphatic rings. The van der Waals surface area contributed by atoms with Gasteiger partial charge >= 0.3 is 0 Å². The maximum absolute atomic E-state index is 13.0. The van der Waals surface area contributed by atoms with E-state index in [-0.39, 0.29) is 16.9 Å². The smallest absolute Gasteiger partial charge is 0.211 e. The lowest BCUT2D eigenvalue weighted by Crippen LogP contribution is -2.34. The Hall–Kier alpha value is -0.650. The molecule has 0 amide bonds. The third kappa shape index (κ3) is 4.55. The van der Waals surface area contributed by atoms with Crippen LogP contribution in [-0.2, 0) is 10.0 Å². The van der Waals surface area contributed by atoms with Crippen molar-refractivity contribution in [2.45, 2.75) is 25.2 Å². The Kier molecular flexibility index (Phi) is 5.13. The van der Waals surface area contributed by atoms with Gasteiger partial charge in [0.05, 0.1) is 4.90 Å². The van der Waals surface area contributed by atoms with Gasteiger partial charge in [-0.25, -0.2) is 17.5 Å². The van der Waals surface area contributed by atoms with Crippen molar-refractivity contribution in [2.24, 2.45) is 5.41 Å². The Labute approximate surface area is 112 Å². The van der Waals surface area contributed by atoms with Crippen LogP contribution in [0.4, 0.5) is 4.39 Å². The third-order valence-electron chi connectivity index (χ3n) is 2.62. The van der Waals surface area contributed by atoms with Gasteiger partial charge in [0, 0.05) is 12.4 Å². The van der Waals surface area contributed by atoms with E-state index in [1.807, 2.05) is 13.8 Å². The van der Waals surface area contributed by atoms with Crippen molar-refractivity contribution in [2.75, 3.05) is 12.4 Å². The van der Waals surface area contributed by atoms with Crippen molar-refractivity contribution >= 4 is 21.6 Å². The number of hydrogen-bond donors (Lipinski definition) is 1. The van der Waals surface area contributed by atoms with Gasteiger partial charge in [-0.05, 0) is 30.0 Å². The second-order valence-corrected chi connectivity index (χ2v) is 7.03. The number of rotatable bonds is 6. The fourth-order valence-corrected chi connectivity index (χ4v) is 3.14. The van der Waals surface area contributed by atoms with Crippen LogP contribution in [0.1, 0.15) is 20.3 Å². The van der Waals surface area contributed by atoms with Crippen LogP contribution < -0.4 is 4.72 Å². The van der Waals surface area contributed by atoms with E-state index in [0.29, 0.717) is 12.3 Å². The summed E-state index contributed by atoms with van der Waals surface area (Å²) in [6, 6.07) is 4.93. The maximum Gasteiger partial charge on any atom is 0.240 e. The highest BCUT2D eigenvalue weighted by molar-refractivity contribution is 7.89. The van der Waals surface area contributed by atoms with Gasteiger partial charge in [-0.3, -0.25) is 0 Å². The molecule has 0 aromatic heterocycles. The average molecular weight is 294 g/mol. The molecule has 0 spiro atoms. The summed E-state index contributed by atoms with van der Waals surface area (Å²) in [6.07, 6.45) is 0.695. The average Bonchev–Trinajstić information content (AvgIpc) is 2.27. The van der Waals surface area contributed by atoms with E-state index in [1.165, 1.54) is 18.2 Å². The zero-order chi connectivity index (χ0) is 13.8. The van der Waals surface area contributed by atoms with Crippen LogP contribution in [0.3, 0.4) is 0 Å². The highest BCUT2D eigenvalue weighted by Crippen LogP contribution is 2.20.